The lowest BCUT2D eigenvalue weighted by atomic mass is 10.1. The topological polar surface area (TPSA) is 64.1 Å². The fourth-order valence-electron chi connectivity index (χ4n) is 3.72. The number of hydrogen-bond acceptors (Lipinski definition) is 5. The zero-order valence-corrected chi connectivity index (χ0v) is 18.1. The molecule has 2 fully saturated rings. The number of rotatable bonds is 5. The highest BCUT2D eigenvalue weighted by atomic mass is 32.1. The molecule has 11 heteroatoms. The summed E-state index contributed by atoms with van der Waals surface area (Å²) in [5, 5.41) is 4.71. The first kappa shape index (κ1) is 22.8. The SMILES string of the molecule is CN=C(NCCc1nc(C(F)(F)F)cs1)N1CCN(CC(=O)N2CCCCC2)CC1. The zero-order valence-electron chi connectivity index (χ0n) is 17.2. The molecule has 0 atom stereocenters. The first-order chi connectivity index (χ1) is 14.4. The van der Waals surface area contributed by atoms with Gasteiger partial charge in [0.2, 0.25) is 5.91 Å². The van der Waals surface area contributed by atoms with Crippen LogP contribution >= 0.6 is 11.3 Å². The smallest absolute Gasteiger partial charge is 0.356 e. The highest BCUT2D eigenvalue weighted by Crippen LogP contribution is 2.30. The molecule has 0 unspecified atom stereocenters. The molecule has 7 nitrogen and oxygen atoms in total. The fourth-order valence-corrected chi connectivity index (χ4v) is 4.53. The molecule has 1 aromatic heterocycles. The van der Waals surface area contributed by atoms with Crippen molar-refractivity contribution in [3.05, 3.63) is 16.1 Å². The van der Waals surface area contributed by atoms with Crippen molar-refractivity contribution in [3.63, 3.8) is 0 Å². The molecule has 0 aliphatic carbocycles. The molecule has 168 valence electrons. The number of guanidine groups is 1. The maximum absolute atomic E-state index is 12.6. The van der Waals surface area contributed by atoms with Gasteiger partial charge in [0.25, 0.3) is 0 Å². The van der Waals surface area contributed by atoms with Crippen LogP contribution in [0.3, 0.4) is 0 Å². The Labute approximate surface area is 179 Å². The Morgan fingerprint density at radius 2 is 1.83 bits per heavy atom. The minimum atomic E-state index is -4.40. The Kier molecular flexibility index (Phi) is 7.93. The lowest BCUT2D eigenvalue weighted by Gasteiger charge is -2.37. The summed E-state index contributed by atoms with van der Waals surface area (Å²) >= 11 is 1.02. The zero-order chi connectivity index (χ0) is 21.6. The van der Waals surface area contributed by atoms with E-state index in [0.29, 0.717) is 24.5 Å². The molecule has 3 heterocycles. The number of aliphatic imine (C=N–C) groups is 1. The van der Waals surface area contributed by atoms with Crippen molar-refractivity contribution < 1.29 is 18.0 Å². The molecule has 0 bridgehead atoms. The molecule has 1 amide bonds. The second kappa shape index (κ2) is 10.4. The molecule has 2 saturated heterocycles. The van der Waals surface area contributed by atoms with Gasteiger partial charge in [-0.15, -0.1) is 11.3 Å². The minimum Gasteiger partial charge on any atom is -0.356 e. The Morgan fingerprint density at radius 1 is 1.13 bits per heavy atom. The number of piperazine rings is 1. The van der Waals surface area contributed by atoms with Crippen LogP contribution in [0.5, 0.6) is 0 Å². The lowest BCUT2D eigenvalue weighted by molar-refractivity contribution is -0.140. The maximum Gasteiger partial charge on any atom is 0.434 e. The number of hydrogen-bond donors (Lipinski definition) is 1. The number of amides is 1. The number of carbonyl (C=O) groups excluding carboxylic acids is 1. The van der Waals surface area contributed by atoms with Crippen LogP contribution in [0.2, 0.25) is 0 Å². The van der Waals surface area contributed by atoms with Crippen LogP contribution in [0.25, 0.3) is 0 Å². The summed E-state index contributed by atoms with van der Waals surface area (Å²) in [5.74, 6) is 0.942. The number of alkyl halides is 3. The summed E-state index contributed by atoms with van der Waals surface area (Å²) in [4.78, 5) is 26.6. The molecule has 0 saturated carbocycles. The van der Waals surface area contributed by atoms with Crippen molar-refractivity contribution in [2.24, 2.45) is 4.99 Å². The van der Waals surface area contributed by atoms with Crippen LogP contribution in [-0.2, 0) is 17.4 Å². The van der Waals surface area contributed by atoms with Crippen molar-refractivity contribution in [2.45, 2.75) is 31.9 Å². The average molecular weight is 447 g/mol. The predicted molar refractivity (Wildman–Crippen MR) is 111 cm³/mol. The Hall–Kier alpha value is -1.88. The van der Waals surface area contributed by atoms with E-state index < -0.39 is 11.9 Å². The van der Waals surface area contributed by atoms with Gasteiger partial charge in [-0.25, -0.2) is 4.98 Å². The van der Waals surface area contributed by atoms with E-state index in [-0.39, 0.29) is 5.91 Å². The average Bonchev–Trinajstić information content (AvgIpc) is 3.22. The highest BCUT2D eigenvalue weighted by molar-refractivity contribution is 7.09. The second-order valence-electron chi connectivity index (χ2n) is 7.55. The number of nitrogens with zero attached hydrogens (tertiary/aromatic N) is 5. The Bertz CT molecular complexity index is 724. The van der Waals surface area contributed by atoms with Gasteiger partial charge in [0, 0.05) is 64.7 Å². The summed E-state index contributed by atoms with van der Waals surface area (Å²) < 4.78 is 37.9. The largest absolute Gasteiger partial charge is 0.434 e. The third-order valence-corrected chi connectivity index (χ3v) is 6.32. The molecule has 30 heavy (non-hydrogen) atoms. The third-order valence-electron chi connectivity index (χ3n) is 5.42. The molecule has 3 rings (SSSR count). The molecule has 0 spiro atoms. The lowest BCUT2D eigenvalue weighted by Crippen LogP contribution is -2.54. The fraction of sp³-hybridized carbons (Fsp3) is 0.737. The summed E-state index contributed by atoms with van der Waals surface area (Å²) in [6.45, 7) is 5.74. The van der Waals surface area contributed by atoms with Crippen LogP contribution in [0, 0.1) is 0 Å². The van der Waals surface area contributed by atoms with E-state index in [1.165, 1.54) is 6.42 Å². The molecule has 1 N–H and O–H groups in total. The van der Waals surface area contributed by atoms with Crippen LogP contribution in [-0.4, -0.2) is 91.0 Å². The molecule has 2 aliphatic rings. The predicted octanol–water partition coefficient (Wildman–Crippen LogP) is 1.91. The minimum absolute atomic E-state index is 0.215. The summed E-state index contributed by atoms with van der Waals surface area (Å²) in [5.41, 5.74) is -0.831. The number of nitrogens with one attached hydrogen (secondary N) is 1. The number of aromatic nitrogens is 1. The molecule has 1 aromatic rings. The molecule has 0 radical (unpaired) electrons. The van der Waals surface area contributed by atoms with Gasteiger partial charge in [-0.05, 0) is 19.3 Å². The van der Waals surface area contributed by atoms with Gasteiger partial charge in [0.1, 0.15) is 0 Å². The van der Waals surface area contributed by atoms with Crippen molar-refractivity contribution >= 4 is 23.2 Å². The second-order valence-corrected chi connectivity index (χ2v) is 8.50. The standard InChI is InChI=1S/C19H29F3N6OS/c1-23-18(24-6-5-16-25-15(14-30-16)19(20,21)22)28-11-9-26(10-12-28)13-17(29)27-7-3-2-4-8-27/h14H,2-13H2,1H3,(H,23,24). The molecular formula is C19H29F3N6OS. The van der Waals surface area contributed by atoms with Crippen molar-refractivity contribution in [2.75, 3.05) is 59.4 Å². The van der Waals surface area contributed by atoms with E-state index in [2.05, 4.69) is 25.1 Å². The number of likely N-dealkylation sites (tertiary alicyclic amines) is 1. The van der Waals surface area contributed by atoms with E-state index in [4.69, 9.17) is 0 Å². The number of carbonyl (C=O) groups is 1. The van der Waals surface area contributed by atoms with Gasteiger partial charge in [-0.1, -0.05) is 0 Å². The number of halogens is 3. The van der Waals surface area contributed by atoms with Gasteiger partial charge in [-0.2, -0.15) is 13.2 Å². The monoisotopic (exact) mass is 446 g/mol. The van der Waals surface area contributed by atoms with E-state index >= 15 is 0 Å². The van der Waals surface area contributed by atoms with Crippen molar-refractivity contribution in [3.8, 4) is 0 Å². The molecule has 0 aromatic carbocycles. The quantitative estimate of drug-likeness (QED) is 0.553. The summed E-state index contributed by atoms with van der Waals surface area (Å²) in [6, 6.07) is 0. The summed E-state index contributed by atoms with van der Waals surface area (Å²) in [6.07, 6.45) is -0.585. The van der Waals surface area contributed by atoms with Crippen molar-refractivity contribution in [1.82, 2.24) is 25.0 Å². The van der Waals surface area contributed by atoms with E-state index in [0.717, 1.165) is 74.8 Å². The first-order valence-electron chi connectivity index (χ1n) is 10.3. The van der Waals surface area contributed by atoms with Gasteiger partial charge >= 0.3 is 6.18 Å². The van der Waals surface area contributed by atoms with Gasteiger partial charge in [0.15, 0.2) is 11.7 Å². The van der Waals surface area contributed by atoms with Crippen LogP contribution < -0.4 is 5.32 Å². The normalized spacial score (nSPS) is 19.3. The number of thiazole rings is 1. The van der Waals surface area contributed by atoms with Crippen LogP contribution in [0.1, 0.15) is 30.0 Å². The van der Waals surface area contributed by atoms with Gasteiger partial charge in [0.05, 0.1) is 11.6 Å². The van der Waals surface area contributed by atoms with Crippen LogP contribution in [0.4, 0.5) is 13.2 Å². The van der Waals surface area contributed by atoms with Crippen molar-refractivity contribution in [1.29, 1.82) is 0 Å². The van der Waals surface area contributed by atoms with E-state index in [9.17, 15) is 18.0 Å². The van der Waals surface area contributed by atoms with Gasteiger partial charge < -0.3 is 15.1 Å². The summed E-state index contributed by atoms with van der Waals surface area (Å²) in [7, 11) is 1.69. The highest BCUT2D eigenvalue weighted by Gasteiger charge is 2.33. The molecular weight excluding hydrogens is 417 g/mol. The maximum atomic E-state index is 12.6. The first-order valence-corrected chi connectivity index (χ1v) is 11.2. The third kappa shape index (κ3) is 6.31. The van der Waals surface area contributed by atoms with Crippen LogP contribution in [0.15, 0.2) is 10.4 Å². The number of piperidine rings is 1. The van der Waals surface area contributed by atoms with Gasteiger partial charge in [-0.3, -0.25) is 14.7 Å². The van der Waals surface area contributed by atoms with E-state index in [1.807, 2.05) is 4.90 Å². The Morgan fingerprint density at radius 3 is 2.43 bits per heavy atom. The Balaban J connectivity index is 1.39. The van der Waals surface area contributed by atoms with E-state index in [1.54, 1.807) is 7.05 Å². The molecule has 2 aliphatic heterocycles.